The Morgan fingerprint density at radius 2 is 1.83 bits per heavy atom. The van der Waals surface area contributed by atoms with Crippen LogP contribution < -0.4 is 0 Å². The zero-order valence-corrected chi connectivity index (χ0v) is 18.1. The first-order valence-electron chi connectivity index (χ1n) is 9.92. The molecule has 3 heterocycles. The van der Waals surface area contributed by atoms with Crippen molar-refractivity contribution in [3.63, 3.8) is 0 Å². The van der Waals surface area contributed by atoms with Gasteiger partial charge in [0.25, 0.3) is 0 Å². The molecule has 1 aromatic carbocycles. The highest BCUT2D eigenvalue weighted by Crippen LogP contribution is 2.29. The third-order valence-corrected chi connectivity index (χ3v) is 8.21. The molecule has 1 aliphatic rings. The van der Waals surface area contributed by atoms with Gasteiger partial charge >= 0.3 is 0 Å². The number of aromatic nitrogens is 4. The normalized spacial score (nSPS) is 17.1. The van der Waals surface area contributed by atoms with E-state index in [9.17, 15) is 8.42 Å². The first kappa shape index (κ1) is 20.2. The Balaban J connectivity index is 1.48. The molecule has 0 amide bonds. The molecule has 0 saturated carbocycles. The minimum absolute atomic E-state index is 0.220. The van der Waals surface area contributed by atoms with Crippen LogP contribution >= 0.6 is 11.3 Å². The van der Waals surface area contributed by atoms with Gasteiger partial charge in [-0.05, 0) is 25.0 Å². The summed E-state index contributed by atoms with van der Waals surface area (Å²) >= 11 is 1.61. The van der Waals surface area contributed by atoms with Crippen LogP contribution in [0.1, 0.15) is 43.5 Å². The monoisotopic (exact) mass is 431 g/mol. The fraction of sp³-hybridized carbons (Fsp3) is 0.450. The van der Waals surface area contributed by atoms with Crippen molar-refractivity contribution in [2.24, 2.45) is 0 Å². The van der Waals surface area contributed by atoms with Crippen molar-refractivity contribution < 1.29 is 8.42 Å². The molecule has 3 aromatic rings. The van der Waals surface area contributed by atoms with Crippen molar-refractivity contribution >= 4 is 21.4 Å². The topological polar surface area (TPSA) is 81.0 Å². The Kier molecular flexibility index (Phi) is 6.07. The fourth-order valence-corrected chi connectivity index (χ4v) is 5.96. The van der Waals surface area contributed by atoms with E-state index in [0.717, 1.165) is 48.5 Å². The zero-order chi connectivity index (χ0) is 20.3. The maximum absolute atomic E-state index is 12.9. The zero-order valence-electron chi connectivity index (χ0n) is 16.4. The van der Waals surface area contributed by atoms with Crippen LogP contribution in [0.2, 0.25) is 0 Å². The number of hydrogen-bond donors (Lipinski definition) is 0. The molecule has 9 heteroatoms. The van der Waals surface area contributed by atoms with Gasteiger partial charge in [0.15, 0.2) is 0 Å². The van der Waals surface area contributed by atoms with Gasteiger partial charge in [0, 0.05) is 30.0 Å². The van der Waals surface area contributed by atoms with Crippen LogP contribution in [0.3, 0.4) is 0 Å². The average Bonchev–Trinajstić information content (AvgIpc) is 3.34. The SMILES string of the molecule is C[C@@H](Cn1cncn1)c1nc(-c2ccc(S(=O)(=O)N3CCCCCC3)cc2)cs1. The third kappa shape index (κ3) is 4.57. The number of benzene rings is 1. The fourth-order valence-electron chi connectivity index (χ4n) is 3.56. The molecule has 1 atom stereocenters. The van der Waals surface area contributed by atoms with Crippen molar-refractivity contribution in [1.82, 2.24) is 24.1 Å². The molecule has 0 radical (unpaired) electrons. The molecule has 0 bridgehead atoms. The van der Waals surface area contributed by atoms with Gasteiger partial charge in [-0.15, -0.1) is 11.3 Å². The Morgan fingerprint density at radius 1 is 1.10 bits per heavy atom. The van der Waals surface area contributed by atoms with E-state index in [2.05, 4.69) is 17.0 Å². The molecule has 0 unspecified atom stereocenters. The average molecular weight is 432 g/mol. The smallest absolute Gasteiger partial charge is 0.243 e. The summed E-state index contributed by atoms with van der Waals surface area (Å²) < 4.78 is 29.3. The molecule has 1 aliphatic heterocycles. The molecular weight excluding hydrogens is 406 g/mol. The molecule has 154 valence electrons. The maximum atomic E-state index is 12.9. The van der Waals surface area contributed by atoms with Crippen LogP contribution in [0.4, 0.5) is 0 Å². The Hall–Kier alpha value is -2.10. The summed E-state index contributed by atoms with van der Waals surface area (Å²) in [4.78, 5) is 9.08. The standard InChI is InChI=1S/C20H25N5O2S2/c1-16(12-24-15-21-14-22-24)20-23-19(13-28-20)17-6-8-18(9-7-17)29(26,27)25-10-4-2-3-5-11-25/h6-9,13-16H,2-5,10-12H2,1H3/t16-/m0/s1. The highest BCUT2D eigenvalue weighted by Gasteiger charge is 2.25. The molecular formula is C20H25N5O2S2. The number of thiazole rings is 1. The van der Waals surface area contributed by atoms with Crippen LogP contribution in [-0.2, 0) is 16.6 Å². The Bertz CT molecular complexity index is 1020. The Labute approximate surface area is 175 Å². The van der Waals surface area contributed by atoms with Crippen LogP contribution in [0.15, 0.2) is 47.2 Å². The van der Waals surface area contributed by atoms with Gasteiger partial charge < -0.3 is 0 Å². The summed E-state index contributed by atoms with van der Waals surface area (Å²) in [6.07, 6.45) is 7.31. The van der Waals surface area contributed by atoms with Gasteiger partial charge in [-0.25, -0.2) is 18.4 Å². The molecule has 7 nitrogen and oxygen atoms in total. The second-order valence-corrected chi connectivity index (χ2v) is 10.3. The summed E-state index contributed by atoms with van der Waals surface area (Å²) in [6, 6.07) is 7.11. The van der Waals surface area contributed by atoms with Gasteiger partial charge in [-0.2, -0.15) is 9.40 Å². The van der Waals surface area contributed by atoms with Crippen LogP contribution in [0, 0.1) is 0 Å². The molecule has 1 fully saturated rings. The highest BCUT2D eigenvalue weighted by atomic mass is 32.2. The lowest BCUT2D eigenvalue weighted by molar-refractivity contribution is 0.424. The lowest BCUT2D eigenvalue weighted by Crippen LogP contribution is -2.31. The van der Waals surface area contributed by atoms with Gasteiger partial charge in [-0.1, -0.05) is 31.9 Å². The quantitative estimate of drug-likeness (QED) is 0.593. The van der Waals surface area contributed by atoms with Gasteiger partial charge in [0.05, 0.1) is 22.1 Å². The minimum atomic E-state index is -3.42. The first-order chi connectivity index (χ1) is 14.0. The molecule has 1 saturated heterocycles. The summed E-state index contributed by atoms with van der Waals surface area (Å²) in [6.45, 7) is 4.06. The van der Waals surface area contributed by atoms with E-state index in [1.165, 1.54) is 6.33 Å². The lowest BCUT2D eigenvalue weighted by atomic mass is 10.1. The third-order valence-electron chi connectivity index (χ3n) is 5.22. The maximum Gasteiger partial charge on any atom is 0.243 e. The predicted molar refractivity (Wildman–Crippen MR) is 113 cm³/mol. The van der Waals surface area contributed by atoms with Crippen molar-refractivity contribution in [3.05, 3.63) is 47.3 Å². The second kappa shape index (κ2) is 8.73. The number of rotatable bonds is 6. The summed E-state index contributed by atoms with van der Waals surface area (Å²) in [5.74, 6) is 0.220. The molecule has 29 heavy (non-hydrogen) atoms. The van der Waals surface area contributed by atoms with E-state index in [-0.39, 0.29) is 5.92 Å². The van der Waals surface area contributed by atoms with E-state index in [1.54, 1.807) is 38.8 Å². The van der Waals surface area contributed by atoms with Crippen LogP contribution in [-0.4, -0.2) is 45.6 Å². The largest absolute Gasteiger partial charge is 0.252 e. The number of sulfonamides is 1. The minimum Gasteiger partial charge on any atom is -0.252 e. The van der Waals surface area contributed by atoms with Crippen molar-refractivity contribution in [3.8, 4) is 11.3 Å². The van der Waals surface area contributed by atoms with E-state index >= 15 is 0 Å². The van der Waals surface area contributed by atoms with Crippen LogP contribution in [0.5, 0.6) is 0 Å². The second-order valence-electron chi connectivity index (χ2n) is 7.43. The van der Waals surface area contributed by atoms with Gasteiger partial charge in [0.1, 0.15) is 12.7 Å². The molecule has 0 aliphatic carbocycles. The Morgan fingerprint density at radius 3 is 2.48 bits per heavy atom. The number of nitrogens with zero attached hydrogens (tertiary/aromatic N) is 5. The molecule has 4 rings (SSSR count). The summed E-state index contributed by atoms with van der Waals surface area (Å²) in [5, 5.41) is 7.19. The molecule has 0 spiro atoms. The number of hydrogen-bond acceptors (Lipinski definition) is 6. The molecule has 0 N–H and O–H groups in total. The van der Waals surface area contributed by atoms with Crippen LogP contribution in [0.25, 0.3) is 11.3 Å². The van der Waals surface area contributed by atoms with Crippen molar-refractivity contribution in [1.29, 1.82) is 0 Å². The summed E-state index contributed by atoms with van der Waals surface area (Å²) in [7, 11) is -3.42. The van der Waals surface area contributed by atoms with E-state index in [1.807, 2.05) is 17.5 Å². The van der Waals surface area contributed by atoms with Gasteiger partial charge in [-0.3, -0.25) is 4.68 Å². The van der Waals surface area contributed by atoms with Crippen molar-refractivity contribution in [2.45, 2.75) is 50.0 Å². The predicted octanol–water partition coefficient (Wildman–Crippen LogP) is 3.77. The summed E-state index contributed by atoms with van der Waals surface area (Å²) in [5.41, 5.74) is 1.80. The van der Waals surface area contributed by atoms with E-state index in [0.29, 0.717) is 18.0 Å². The first-order valence-corrected chi connectivity index (χ1v) is 12.2. The lowest BCUT2D eigenvalue weighted by Gasteiger charge is -2.20. The van der Waals surface area contributed by atoms with Crippen molar-refractivity contribution in [2.75, 3.05) is 13.1 Å². The van der Waals surface area contributed by atoms with E-state index in [4.69, 9.17) is 4.98 Å². The molecule has 2 aromatic heterocycles. The van der Waals surface area contributed by atoms with Gasteiger partial charge in [0.2, 0.25) is 10.0 Å². The van der Waals surface area contributed by atoms with E-state index < -0.39 is 10.0 Å². The highest BCUT2D eigenvalue weighted by molar-refractivity contribution is 7.89.